The first-order valence-corrected chi connectivity index (χ1v) is 60.0. The number of carbonyl (C=O) groups is 2. The first-order valence-electron chi connectivity index (χ1n) is 45.8. The van der Waals surface area contributed by atoms with Gasteiger partial charge in [0.1, 0.15) is 48.8 Å². The predicted molar refractivity (Wildman–Crippen MR) is 597 cm³/mol. The molecule has 0 fully saturated rings. The molecule has 734 valence electrons. The van der Waals surface area contributed by atoms with E-state index in [2.05, 4.69) is 143 Å². The topological polar surface area (TPSA) is 320 Å². The van der Waals surface area contributed by atoms with Gasteiger partial charge in [-0.3, -0.25) is 0 Å². The van der Waals surface area contributed by atoms with Crippen LogP contribution >= 0.6 is 104 Å². The number of aromatic amines is 2. The third-order valence-electron chi connectivity index (χ3n) is 22.7. The van der Waals surface area contributed by atoms with Gasteiger partial charge in [-0.1, -0.05) is 155 Å². The number of esters is 2. The van der Waals surface area contributed by atoms with Crippen LogP contribution in [-0.4, -0.2) is 142 Å². The Morgan fingerprint density at radius 1 is 0.394 bits per heavy atom. The first-order chi connectivity index (χ1) is 69.2. The van der Waals surface area contributed by atoms with Gasteiger partial charge in [-0.15, -0.1) is 45.3 Å². The molecule has 9 aromatic carbocycles. The summed E-state index contributed by atoms with van der Waals surface area (Å²) in [5, 5.41) is 34.6. The summed E-state index contributed by atoms with van der Waals surface area (Å²) in [6.45, 7) is 9.41. The van der Waals surface area contributed by atoms with Gasteiger partial charge in [0.05, 0.1) is 97.9 Å². The van der Waals surface area contributed by atoms with E-state index in [0.717, 1.165) is 117 Å². The van der Waals surface area contributed by atoms with Gasteiger partial charge in [0, 0.05) is 134 Å². The molecule has 0 aliphatic rings. The fourth-order valence-corrected chi connectivity index (χ4v) is 38.4. The molecule has 0 saturated carbocycles. The van der Waals surface area contributed by atoms with E-state index in [1.54, 1.807) is 140 Å². The smallest absolute Gasteiger partial charge is 0.496 e. The van der Waals surface area contributed by atoms with Crippen molar-refractivity contribution in [3.63, 3.8) is 0 Å². The Balaban J connectivity index is 0.000000157. The van der Waals surface area contributed by atoms with Gasteiger partial charge in [-0.2, -0.15) is 0 Å². The number of thiazole rings is 5. The number of pyridine rings is 2. The molecule has 9 heterocycles. The second kappa shape index (κ2) is 56.1. The van der Waals surface area contributed by atoms with Crippen LogP contribution in [0.3, 0.4) is 0 Å². The van der Waals surface area contributed by atoms with E-state index in [1.165, 1.54) is 58.9 Å². The van der Waals surface area contributed by atoms with Gasteiger partial charge >= 0.3 is 141 Å². The van der Waals surface area contributed by atoms with Crippen molar-refractivity contribution in [3.8, 4) is 82.3 Å². The minimum atomic E-state index is -2.12. The summed E-state index contributed by atoms with van der Waals surface area (Å²) in [5.74, 6) is 4.11. The zero-order chi connectivity index (χ0) is 101. The van der Waals surface area contributed by atoms with Crippen LogP contribution in [0.1, 0.15) is 102 Å². The quantitative estimate of drug-likeness (QED) is 0.0126. The van der Waals surface area contributed by atoms with Crippen LogP contribution < -0.4 is 53.6 Å². The minimum Gasteiger partial charge on any atom is -0.496 e. The number of fused-ring (bicyclic) bond motifs is 2. The second-order valence-corrected chi connectivity index (χ2v) is 53.3. The number of halogens is 3. The number of hydrogen-bond acceptors (Lipinski definition) is 27. The Hall–Kier alpha value is -12.1. The molecule has 0 spiro atoms. The van der Waals surface area contributed by atoms with Crippen molar-refractivity contribution >= 4 is 195 Å². The molecule has 0 bridgehead atoms. The third-order valence-corrected chi connectivity index (χ3v) is 46.5. The maximum atomic E-state index is 12.8. The number of anilines is 4. The van der Waals surface area contributed by atoms with Gasteiger partial charge in [-0.25, -0.2) is 39.5 Å². The first kappa shape index (κ1) is 109. The van der Waals surface area contributed by atoms with Gasteiger partial charge < -0.3 is 74.4 Å². The van der Waals surface area contributed by atoms with E-state index in [0.29, 0.717) is 77.1 Å². The average Bonchev–Trinajstić information content (AvgIpc) is 1.61. The van der Waals surface area contributed by atoms with Crippen molar-refractivity contribution in [1.82, 2.24) is 44.9 Å². The van der Waals surface area contributed by atoms with Crippen LogP contribution in [0.25, 0.3) is 75.3 Å². The number of aromatic nitrogens is 9. The minimum absolute atomic E-state index is 0.175. The standard InChI is InChI=1S/C33H28N4O3S.C23H22BN3O4.2C10H8BrNOS.C10H10N2OS.C7H8BrNO.3C4H9.C3H2NS.Sn/c1-39-29-17-24(32-34-15-16-41-32)13-14-25(29)28-18-26-27(33(38)40-2)19-35-31(30(26)36-28)37(20-22-9-5-3-6-10-22)21-23-11-7-4-8-12-23;1-31-23(28)19-13-25-22(21-18(19)12-20(26-21)24(29)30)27(14-16-8-4-2-5-9-16)15-17-10-6-3-7-11-17;3*1-13-9-6-7(2-3-8(9)11)10-12-4-5-14-10;1-10-7-4-5(8)2-3-6(7)9;3*1-3-4-2;1-2-5-3-4-1;/h3-19,36H,20-21H2,1-2H3;2-13,26,29-30H,14-15H2,1H3;2*2-6H,1H3;2-6H,11H2,1H3;2-4H,9H2,1H3;3*1,3-4H2,2H3;1-2H;. The number of benzene rings is 9. The number of nitrogens with one attached hydrogen (secondary N) is 2. The molecule has 34 heteroatoms. The van der Waals surface area contributed by atoms with Gasteiger partial charge in [-0.05, 0) is 139 Å². The third kappa shape index (κ3) is 30.2. The van der Waals surface area contributed by atoms with E-state index in [4.69, 9.17) is 54.6 Å². The summed E-state index contributed by atoms with van der Waals surface area (Å²) in [6, 6.07) is 73.2. The molecule has 9 aromatic heterocycles. The Morgan fingerprint density at radius 2 is 0.739 bits per heavy atom. The molecule has 8 N–H and O–H groups in total. The Bertz CT molecular complexity index is 6590. The number of carbonyl (C=O) groups excluding carboxylic acids is 2. The molecular weight excluding hydrogens is 2180 g/mol. The predicted octanol–water partition coefficient (Wildman–Crippen LogP) is 26.4. The maximum Gasteiger partial charge on any atom is 0.505 e. The van der Waals surface area contributed by atoms with E-state index >= 15 is 0 Å². The molecule has 0 unspecified atom stereocenters. The number of nitrogens with zero attached hydrogens (tertiary/aromatic N) is 9. The average molecular weight is 2300 g/mol. The SMILES string of the molecule is CCC[CH2][Sn]([CH2]CCC)([CH2]CCC)[c]1nccs1.COC(=O)c1cnc(N(Cc2ccccc2)Cc2ccccc2)c2[nH]c(-c3ccc(-c4nccs4)cc3OC)cc12.COC(=O)c1cnc(N(Cc2ccccc2)Cc2ccccc2)c2[nH]c(B(O)O)cc12.COc1cc(-c2nccs2)ccc1Br.COc1cc(-c2nccs2)ccc1Br.COc1cc(-c2nccs2)ccc1N.COc1cc(Br)ccc1N. The summed E-state index contributed by atoms with van der Waals surface area (Å²) in [5.41, 5.74) is 25.0. The molecule has 142 heavy (non-hydrogen) atoms. The van der Waals surface area contributed by atoms with Gasteiger partial charge in [0.2, 0.25) is 0 Å². The number of H-pyrrole nitrogens is 2. The number of nitrogens with two attached hydrogens (primary N) is 2. The van der Waals surface area contributed by atoms with Crippen LogP contribution in [-0.2, 0) is 35.7 Å². The van der Waals surface area contributed by atoms with Crippen molar-refractivity contribution in [2.24, 2.45) is 0 Å². The molecular formula is C108H113BBr3N13O11S5Sn. The fraction of sp³-hybridized carbons (Fsp3) is 0.213. The number of unbranched alkanes of at least 4 members (excludes halogenated alkanes) is 3. The normalized spacial score (nSPS) is 10.7. The summed E-state index contributed by atoms with van der Waals surface area (Å²) in [7, 11) is 9.15. The molecule has 0 aliphatic carbocycles. The molecule has 18 aromatic rings. The largest absolute Gasteiger partial charge is 0.505 e. The zero-order valence-electron chi connectivity index (χ0n) is 80.5. The van der Waals surface area contributed by atoms with Crippen molar-refractivity contribution in [3.05, 3.63) is 342 Å². The fourth-order valence-electron chi connectivity index (χ4n) is 15.5. The summed E-state index contributed by atoms with van der Waals surface area (Å²) >= 11 is 16.4. The molecule has 24 nitrogen and oxygen atoms in total. The molecule has 0 saturated heterocycles. The Kier molecular flexibility index (Phi) is 42.9. The van der Waals surface area contributed by atoms with Gasteiger partial charge in [0.25, 0.3) is 0 Å². The Morgan fingerprint density at radius 3 is 1.09 bits per heavy atom. The number of methoxy groups -OCH3 is 7. The maximum absolute atomic E-state index is 12.8. The van der Waals surface area contributed by atoms with Crippen molar-refractivity contribution in [2.75, 3.05) is 71.0 Å². The van der Waals surface area contributed by atoms with Crippen molar-refractivity contribution < 1.29 is 52.8 Å². The Labute approximate surface area is 878 Å². The van der Waals surface area contributed by atoms with E-state index in [1.807, 2.05) is 227 Å². The molecule has 0 aliphatic heterocycles. The van der Waals surface area contributed by atoms with Crippen molar-refractivity contribution in [2.45, 2.75) is 98.8 Å². The number of nitrogen functional groups attached to an aromatic ring is 2. The molecule has 0 amide bonds. The van der Waals surface area contributed by atoms with Crippen LogP contribution in [0.4, 0.5) is 23.0 Å². The summed E-state index contributed by atoms with van der Waals surface area (Å²) < 4.78 is 45.5. The molecule has 18 rings (SSSR count). The van der Waals surface area contributed by atoms with Crippen LogP contribution in [0.15, 0.2) is 308 Å². The molecule has 0 atom stereocenters. The zero-order valence-corrected chi connectivity index (χ0v) is 92.2. The van der Waals surface area contributed by atoms with Crippen molar-refractivity contribution in [1.29, 1.82) is 0 Å². The number of hydrogen-bond donors (Lipinski definition) is 6. The van der Waals surface area contributed by atoms with E-state index in [9.17, 15) is 19.6 Å². The van der Waals surface area contributed by atoms with Gasteiger partial charge in [0.15, 0.2) is 11.6 Å². The monoisotopic (exact) mass is 2300 g/mol. The number of rotatable bonds is 33. The van der Waals surface area contributed by atoms with Crippen LogP contribution in [0.2, 0.25) is 13.3 Å². The van der Waals surface area contributed by atoms with E-state index < -0.39 is 37.4 Å². The second-order valence-electron chi connectivity index (χ2n) is 32.2. The van der Waals surface area contributed by atoms with Crippen LogP contribution in [0, 0.1) is 0 Å². The van der Waals surface area contributed by atoms with Crippen LogP contribution in [0.5, 0.6) is 28.7 Å². The summed E-state index contributed by atoms with van der Waals surface area (Å²) in [6.07, 6.45) is 20.6. The number of ether oxygens (including phenoxy) is 7. The molecule has 0 radical (unpaired) electrons. The van der Waals surface area contributed by atoms with E-state index in [-0.39, 0.29) is 11.2 Å². The summed E-state index contributed by atoms with van der Waals surface area (Å²) in [4.78, 5) is 67.2.